The Bertz CT molecular complexity index is 797. The summed E-state index contributed by atoms with van der Waals surface area (Å²) < 4.78 is 42.8. The van der Waals surface area contributed by atoms with E-state index in [-0.39, 0.29) is 23.1 Å². The number of piperidine rings is 1. The highest BCUT2D eigenvalue weighted by Crippen LogP contribution is 2.38. The third kappa shape index (κ3) is 3.46. The predicted molar refractivity (Wildman–Crippen MR) is 84.2 cm³/mol. The summed E-state index contributed by atoms with van der Waals surface area (Å²) in [5.41, 5.74) is -0.0203. The van der Waals surface area contributed by atoms with Gasteiger partial charge >= 0.3 is 6.18 Å². The van der Waals surface area contributed by atoms with Crippen molar-refractivity contribution in [1.82, 2.24) is 10.1 Å². The fourth-order valence-electron chi connectivity index (χ4n) is 2.87. The average molecular weight is 372 g/mol. The van der Waals surface area contributed by atoms with Crippen molar-refractivity contribution >= 4 is 23.5 Å². The molecule has 3 heterocycles. The highest BCUT2D eigenvalue weighted by atomic mass is 32.1. The zero-order valence-corrected chi connectivity index (χ0v) is 14.1. The van der Waals surface area contributed by atoms with Crippen LogP contribution in [0.1, 0.15) is 33.8 Å². The molecule has 2 aromatic heterocycles. The van der Waals surface area contributed by atoms with Crippen molar-refractivity contribution in [3.05, 3.63) is 28.3 Å². The Balaban J connectivity index is 1.82. The quantitative estimate of drug-likeness (QED) is 0.769. The van der Waals surface area contributed by atoms with Crippen LogP contribution in [0.15, 0.2) is 16.7 Å². The summed E-state index contributed by atoms with van der Waals surface area (Å²) in [6.45, 7) is 2.23. The van der Waals surface area contributed by atoms with Gasteiger partial charge < -0.3 is 14.2 Å². The number of alkyl halides is 3. The molecule has 9 heteroatoms. The van der Waals surface area contributed by atoms with Crippen LogP contribution in [0.2, 0.25) is 0 Å². The van der Waals surface area contributed by atoms with E-state index < -0.39 is 11.9 Å². The fourth-order valence-corrected chi connectivity index (χ4v) is 3.88. The monoisotopic (exact) mass is 372 g/mol. The van der Waals surface area contributed by atoms with E-state index in [4.69, 9.17) is 0 Å². The van der Waals surface area contributed by atoms with E-state index in [1.807, 2.05) is 0 Å². The van der Waals surface area contributed by atoms with Gasteiger partial charge in [0.1, 0.15) is 12.0 Å². The molecular weight excluding hydrogens is 357 g/mol. The normalized spacial score (nSPS) is 18.4. The van der Waals surface area contributed by atoms with E-state index in [0.29, 0.717) is 22.8 Å². The summed E-state index contributed by atoms with van der Waals surface area (Å²) in [6.07, 6.45) is -2.23. The second-order valence-corrected chi connectivity index (χ2v) is 7.02. The first-order valence-corrected chi connectivity index (χ1v) is 8.51. The maximum absolute atomic E-state index is 12.8. The van der Waals surface area contributed by atoms with Crippen molar-refractivity contribution in [1.29, 1.82) is 0 Å². The lowest BCUT2D eigenvalue weighted by Gasteiger charge is -2.29. The van der Waals surface area contributed by atoms with Crippen LogP contribution in [0.5, 0.6) is 0 Å². The highest BCUT2D eigenvalue weighted by molar-refractivity contribution is 7.17. The molecule has 1 atom stereocenters. The van der Waals surface area contributed by atoms with Crippen molar-refractivity contribution in [3.63, 3.8) is 0 Å². The van der Waals surface area contributed by atoms with Crippen LogP contribution in [0.25, 0.3) is 10.6 Å². The van der Waals surface area contributed by atoms with E-state index in [2.05, 4.69) is 9.68 Å². The lowest BCUT2D eigenvalue weighted by atomic mass is 10.00. The Hall–Kier alpha value is -2.16. The van der Waals surface area contributed by atoms with Gasteiger partial charge in [-0.15, -0.1) is 11.3 Å². The molecule has 0 N–H and O–H groups in total. The van der Waals surface area contributed by atoms with Crippen molar-refractivity contribution in [2.24, 2.45) is 5.92 Å². The Morgan fingerprint density at radius 3 is 2.84 bits per heavy atom. The molecule has 2 aromatic rings. The standard InChI is InChI=1S/C16H15F3N2O3S/c1-9-13(20-24-14(9)16(17,18)19)11-4-5-12(25-11)15(23)21-6-2-3-10(7-21)8-22/h4-5,8,10H,2-3,6-7H2,1H3/t10-/m1/s1. The summed E-state index contributed by atoms with van der Waals surface area (Å²) >= 11 is 1.07. The zero-order chi connectivity index (χ0) is 18.2. The van der Waals surface area contributed by atoms with Crippen LogP contribution in [0.4, 0.5) is 13.2 Å². The van der Waals surface area contributed by atoms with Gasteiger partial charge in [-0.3, -0.25) is 4.79 Å². The maximum atomic E-state index is 12.8. The van der Waals surface area contributed by atoms with Crippen LogP contribution in [0.3, 0.4) is 0 Å². The van der Waals surface area contributed by atoms with Crippen LogP contribution in [-0.2, 0) is 11.0 Å². The number of hydrogen-bond acceptors (Lipinski definition) is 5. The zero-order valence-electron chi connectivity index (χ0n) is 13.3. The van der Waals surface area contributed by atoms with Gasteiger partial charge in [-0.1, -0.05) is 5.16 Å². The third-order valence-corrected chi connectivity index (χ3v) is 5.25. The summed E-state index contributed by atoms with van der Waals surface area (Å²) in [7, 11) is 0. The van der Waals surface area contributed by atoms with Gasteiger partial charge in [0.05, 0.1) is 9.75 Å². The molecule has 5 nitrogen and oxygen atoms in total. The molecule has 1 fully saturated rings. The number of hydrogen-bond donors (Lipinski definition) is 0. The minimum Gasteiger partial charge on any atom is -0.351 e. The number of amides is 1. The lowest BCUT2D eigenvalue weighted by Crippen LogP contribution is -2.40. The molecule has 0 bridgehead atoms. The van der Waals surface area contributed by atoms with Crippen molar-refractivity contribution in [2.45, 2.75) is 25.9 Å². The minimum atomic E-state index is -4.61. The molecule has 0 saturated carbocycles. The number of aromatic nitrogens is 1. The minimum absolute atomic E-state index is 0.0841. The lowest BCUT2D eigenvalue weighted by molar-refractivity contribution is -0.156. The molecule has 25 heavy (non-hydrogen) atoms. The fraction of sp³-hybridized carbons (Fsp3) is 0.438. The van der Waals surface area contributed by atoms with Gasteiger partial charge in [0.15, 0.2) is 0 Å². The number of carbonyl (C=O) groups excluding carboxylic acids is 2. The maximum Gasteiger partial charge on any atom is 0.452 e. The number of carbonyl (C=O) groups is 2. The number of rotatable bonds is 3. The predicted octanol–water partition coefficient (Wildman–Crippen LogP) is 3.78. The largest absolute Gasteiger partial charge is 0.452 e. The van der Waals surface area contributed by atoms with Gasteiger partial charge in [-0.05, 0) is 31.9 Å². The molecule has 1 aliphatic heterocycles. The molecule has 3 rings (SSSR count). The Kier molecular flexibility index (Phi) is 4.68. The van der Waals surface area contributed by atoms with Gasteiger partial charge in [0.2, 0.25) is 5.76 Å². The molecule has 134 valence electrons. The van der Waals surface area contributed by atoms with Gasteiger partial charge in [-0.2, -0.15) is 13.2 Å². The van der Waals surface area contributed by atoms with E-state index in [1.165, 1.54) is 6.92 Å². The van der Waals surface area contributed by atoms with Crippen LogP contribution in [0, 0.1) is 12.8 Å². The van der Waals surface area contributed by atoms with Gasteiger partial charge in [0, 0.05) is 24.6 Å². The van der Waals surface area contributed by atoms with E-state index in [1.54, 1.807) is 17.0 Å². The first-order valence-electron chi connectivity index (χ1n) is 7.69. The SMILES string of the molecule is Cc1c(-c2ccc(C(=O)N3CCC[C@@H](C=O)C3)s2)noc1C(F)(F)F. The number of nitrogens with zero attached hydrogens (tertiary/aromatic N) is 2. The first-order chi connectivity index (χ1) is 11.8. The third-order valence-electron chi connectivity index (χ3n) is 4.17. The van der Waals surface area contributed by atoms with Crippen molar-refractivity contribution in [2.75, 3.05) is 13.1 Å². The Labute approximate surface area is 145 Å². The van der Waals surface area contributed by atoms with Crippen molar-refractivity contribution < 1.29 is 27.3 Å². The van der Waals surface area contributed by atoms with E-state index in [9.17, 15) is 22.8 Å². The van der Waals surface area contributed by atoms with Gasteiger partial charge in [-0.25, -0.2) is 0 Å². The van der Waals surface area contributed by atoms with E-state index >= 15 is 0 Å². The number of thiophene rings is 1. The Morgan fingerprint density at radius 1 is 1.44 bits per heavy atom. The molecule has 1 amide bonds. The summed E-state index contributed by atoms with van der Waals surface area (Å²) in [4.78, 5) is 25.9. The van der Waals surface area contributed by atoms with E-state index in [0.717, 1.165) is 30.5 Å². The van der Waals surface area contributed by atoms with Gasteiger partial charge in [0.25, 0.3) is 5.91 Å². The van der Waals surface area contributed by atoms with Crippen molar-refractivity contribution in [3.8, 4) is 10.6 Å². The number of halogens is 3. The first kappa shape index (κ1) is 17.7. The summed E-state index contributed by atoms with van der Waals surface area (Å²) in [5, 5.41) is 3.51. The molecule has 0 aromatic carbocycles. The molecule has 0 spiro atoms. The summed E-state index contributed by atoms with van der Waals surface area (Å²) in [5.74, 6) is -1.52. The average Bonchev–Trinajstić information content (AvgIpc) is 3.20. The molecule has 0 aliphatic carbocycles. The molecule has 0 unspecified atom stereocenters. The molecule has 0 radical (unpaired) electrons. The topological polar surface area (TPSA) is 63.4 Å². The van der Waals surface area contributed by atoms with Crippen LogP contribution < -0.4 is 0 Å². The van der Waals surface area contributed by atoms with Crippen LogP contribution >= 0.6 is 11.3 Å². The number of likely N-dealkylation sites (tertiary alicyclic amines) is 1. The van der Waals surface area contributed by atoms with Crippen LogP contribution in [-0.4, -0.2) is 35.3 Å². The highest BCUT2D eigenvalue weighted by Gasteiger charge is 2.39. The summed E-state index contributed by atoms with van der Waals surface area (Å²) in [6, 6.07) is 3.12. The smallest absolute Gasteiger partial charge is 0.351 e. The Morgan fingerprint density at radius 2 is 2.20 bits per heavy atom. The molecule has 1 aliphatic rings. The molecule has 1 saturated heterocycles. The second kappa shape index (κ2) is 6.62. The number of aldehydes is 1. The molecular formula is C16H15F3N2O3S. The second-order valence-electron chi connectivity index (χ2n) is 5.94.